The Hall–Kier alpha value is -1.78. The SMILES string of the molecule is C=C.Cc1cc(C2CCC(OC(N)=O)C2)n[nH]1. The van der Waals surface area contributed by atoms with E-state index in [9.17, 15) is 4.79 Å². The highest BCUT2D eigenvalue weighted by Gasteiger charge is 2.29. The van der Waals surface area contributed by atoms with Gasteiger partial charge in [0.05, 0.1) is 5.69 Å². The molecule has 0 bridgehead atoms. The molecule has 1 aliphatic carbocycles. The van der Waals surface area contributed by atoms with Gasteiger partial charge in [-0.2, -0.15) is 5.10 Å². The Bertz CT molecular complexity index is 376. The molecule has 1 amide bonds. The van der Waals surface area contributed by atoms with Crippen LogP contribution in [0.15, 0.2) is 19.2 Å². The van der Waals surface area contributed by atoms with E-state index in [0.29, 0.717) is 5.92 Å². The normalized spacial score (nSPS) is 22.6. The van der Waals surface area contributed by atoms with Crippen molar-refractivity contribution in [3.8, 4) is 0 Å². The number of carbonyl (C=O) groups excluding carboxylic acids is 1. The van der Waals surface area contributed by atoms with Crippen LogP contribution in [0.25, 0.3) is 0 Å². The molecule has 1 saturated carbocycles. The summed E-state index contributed by atoms with van der Waals surface area (Å²) in [7, 11) is 0. The maximum atomic E-state index is 10.6. The van der Waals surface area contributed by atoms with E-state index in [1.165, 1.54) is 0 Å². The van der Waals surface area contributed by atoms with Gasteiger partial charge in [-0.05, 0) is 32.3 Å². The zero-order chi connectivity index (χ0) is 12.8. The molecule has 94 valence electrons. The van der Waals surface area contributed by atoms with Crippen LogP contribution in [-0.2, 0) is 4.74 Å². The second-order valence-corrected chi connectivity index (χ2v) is 4.04. The van der Waals surface area contributed by atoms with Crippen LogP contribution in [0.1, 0.15) is 36.6 Å². The first-order chi connectivity index (χ1) is 8.15. The standard InChI is InChI=1S/C10H15N3O2.C2H4/c1-6-4-9(13-12-6)7-2-3-8(5-7)15-10(11)14;1-2/h4,7-8H,2-3,5H2,1H3,(H2,11,14)(H,12,13);1-2H2. The van der Waals surface area contributed by atoms with Gasteiger partial charge >= 0.3 is 6.09 Å². The number of amides is 1. The molecule has 1 aromatic rings. The average Bonchev–Trinajstić information content (AvgIpc) is 2.89. The minimum atomic E-state index is -0.682. The van der Waals surface area contributed by atoms with Gasteiger partial charge in [-0.15, -0.1) is 13.2 Å². The highest BCUT2D eigenvalue weighted by atomic mass is 16.6. The maximum absolute atomic E-state index is 10.6. The fourth-order valence-corrected chi connectivity index (χ4v) is 2.13. The molecule has 2 atom stereocenters. The van der Waals surface area contributed by atoms with Gasteiger partial charge in [0.15, 0.2) is 0 Å². The van der Waals surface area contributed by atoms with Crippen LogP contribution in [0, 0.1) is 6.92 Å². The molecule has 2 rings (SSSR count). The lowest BCUT2D eigenvalue weighted by molar-refractivity contribution is 0.109. The van der Waals surface area contributed by atoms with E-state index in [1.807, 2.05) is 13.0 Å². The van der Waals surface area contributed by atoms with Crippen molar-refractivity contribution in [1.29, 1.82) is 0 Å². The zero-order valence-corrected chi connectivity index (χ0v) is 10.1. The number of carbonyl (C=O) groups is 1. The highest BCUT2D eigenvalue weighted by Crippen LogP contribution is 2.35. The topological polar surface area (TPSA) is 81.0 Å². The Morgan fingerprint density at radius 1 is 1.59 bits per heavy atom. The molecule has 0 aromatic carbocycles. The van der Waals surface area contributed by atoms with E-state index in [2.05, 4.69) is 23.4 Å². The van der Waals surface area contributed by atoms with Gasteiger partial charge in [-0.1, -0.05) is 0 Å². The lowest BCUT2D eigenvalue weighted by atomic mass is 10.0. The Morgan fingerprint density at radius 2 is 2.29 bits per heavy atom. The van der Waals surface area contributed by atoms with E-state index >= 15 is 0 Å². The molecule has 0 spiro atoms. The van der Waals surface area contributed by atoms with E-state index < -0.39 is 6.09 Å². The summed E-state index contributed by atoms with van der Waals surface area (Å²) < 4.78 is 4.97. The summed E-state index contributed by atoms with van der Waals surface area (Å²) in [6.07, 6.45) is 1.98. The molecule has 2 unspecified atom stereocenters. The number of nitrogens with zero attached hydrogens (tertiary/aromatic N) is 1. The largest absolute Gasteiger partial charge is 0.446 e. The zero-order valence-electron chi connectivity index (χ0n) is 10.1. The number of aryl methyl sites for hydroxylation is 1. The number of ether oxygens (including phenoxy) is 1. The van der Waals surface area contributed by atoms with Crippen molar-refractivity contribution in [2.24, 2.45) is 5.73 Å². The van der Waals surface area contributed by atoms with Crippen LogP contribution in [0.5, 0.6) is 0 Å². The van der Waals surface area contributed by atoms with Crippen LogP contribution >= 0.6 is 0 Å². The Balaban J connectivity index is 0.000000686. The minimum absolute atomic E-state index is 0.0375. The van der Waals surface area contributed by atoms with Crippen molar-refractivity contribution in [3.05, 3.63) is 30.6 Å². The van der Waals surface area contributed by atoms with Gasteiger partial charge in [0, 0.05) is 11.6 Å². The van der Waals surface area contributed by atoms with Gasteiger partial charge in [0.25, 0.3) is 0 Å². The number of nitrogens with two attached hydrogens (primary N) is 1. The molecule has 0 aliphatic heterocycles. The summed E-state index contributed by atoms with van der Waals surface area (Å²) in [5, 5.41) is 7.13. The molecular weight excluding hydrogens is 218 g/mol. The monoisotopic (exact) mass is 237 g/mol. The number of primary amides is 1. The fraction of sp³-hybridized carbons (Fsp3) is 0.500. The molecule has 3 N–H and O–H groups in total. The van der Waals surface area contributed by atoms with E-state index in [0.717, 1.165) is 30.7 Å². The quantitative estimate of drug-likeness (QED) is 0.774. The van der Waals surface area contributed by atoms with Crippen molar-refractivity contribution in [1.82, 2.24) is 10.2 Å². The first kappa shape index (κ1) is 13.3. The second-order valence-electron chi connectivity index (χ2n) is 4.04. The van der Waals surface area contributed by atoms with E-state index in [4.69, 9.17) is 10.5 Å². The number of rotatable bonds is 2. The van der Waals surface area contributed by atoms with Gasteiger partial charge in [-0.25, -0.2) is 4.79 Å². The molecule has 1 heterocycles. The number of hydrogen-bond donors (Lipinski definition) is 2. The predicted octanol–water partition coefficient (Wildman–Crippen LogP) is 2.25. The third kappa shape index (κ3) is 3.62. The fourth-order valence-electron chi connectivity index (χ4n) is 2.13. The molecular formula is C12H19N3O2. The second kappa shape index (κ2) is 6.08. The molecule has 5 nitrogen and oxygen atoms in total. The van der Waals surface area contributed by atoms with Crippen molar-refractivity contribution >= 4 is 6.09 Å². The molecule has 1 fully saturated rings. The Morgan fingerprint density at radius 3 is 2.82 bits per heavy atom. The molecule has 1 aliphatic rings. The first-order valence-corrected chi connectivity index (χ1v) is 5.63. The first-order valence-electron chi connectivity index (χ1n) is 5.63. The summed E-state index contributed by atoms with van der Waals surface area (Å²) in [5.74, 6) is 0.388. The number of hydrogen-bond acceptors (Lipinski definition) is 3. The van der Waals surface area contributed by atoms with E-state index in [-0.39, 0.29) is 6.10 Å². The van der Waals surface area contributed by atoms with Gasteiger partial charge in [0.2, 0.25) is 0 Å². The van der Waals surface area contributed by atoms with Crippen molar-refractivity contribution in [3.63, 3.8) is 0 Å². The van der Waals surface area contributed by atoms with E-state index in [1.54, 1.807) is 0 Å². The summed E-state index contributed by atoms with van der Waals surface area (Å²) in [6, 6.07) is 2.04. The third-order valence-corrected chi connectivity index (χ3v) is 2.81. The van der Waals surface area contributed by atoms with Gasteiger partial charge in [0.1, 0.15) is 6.10 Å². The minimum Gasteiger partial charge on any atom is -0.446 e. The number of aromatic nitrogens is 2. The summed E-state index contributed by atoms with van der Waals surface area (Å²) in [4.78, 5) is 10.6. The van der Waals surface area contributed by atoms with Crippen molar-refractivity contribution in [2.75, 3.05) is 0 Å². The smallest absolute Gasteiger partial charge is 0.404 e. The van der Waals surface area contributed by atoms with Crippen LogP contribution in [-0.4, -0.2) is 22.4 Å². The molecule has 17 heavy (non-hydrogen) atoms. The number of H-pyrrole nitrogens is 1. The summed E-state index contributed by atoms with van der Waals surface area (Å²) in [5.41, 5.74) is 7.10. The Labute approximate surface area is 101 Å². The molecule has 0 radical (unpaired) electrons. The van der Waals surface area contributed by atoms with Crippen molar-refractivity contribution < 1.29 is 9.53 Å². The van der Waals surface area contributed by atoms with Gasteiger partial charge in [-0.3, -0.25) is 5.10 Å². The lowest BCUT2D eigenvalue weighted by Crippen LogP contribution is -2.20. The van der Waals surface area contributed by atoms with Crippen LogP contribution in [0.2, 0.25) is 0 Å². The van der Waals surface area contributed by atoms with Crippen LogP contribution in [0.4, 0.5) is 4.79 Å². The lowest BCUT2D eigenvalue weighted by Gasteiger charge is -2.09. The number of nitrogens with one attached hydrogen (secondary N) is 1. The molecule has 0 saturated heterocycles. The van der Waals surface area contributed by atoms with Crippen LogP contribution < -0.4 is 5.73 Å². The molecule has 1 aromatic heterocycles. The number of aromatic amines is 1. The highest BCUT2D eigenvalue weighted by molar-refractivity contribution is 5.64. The maximum Gasteiger partial charge on any atom is 0.404 e. The Kier molecular flexibility index (Phi) is 4.75. The predicted molar refractivity (Wildman–Crippen MR) is 65.6 cm³/mol. The van der Waals surface area contributed by atoms with Crippen molar-refractivity contribution in [2.45, 2.75) is 38.2 Å². The summed E-state index contributed by atoms with van der Waals surface area (Å²) >= 11 is 0. The van der Waals surface area contributed by atoms with Crippen LogP contribution in [0.3, 0.4) is 0 Å². The average molecular weight is 237 g/mol. The van der Waals surface area contributed by atoms with Gasteiger partial charge < -0.3 is 10.5 Å². The summed E-state index contributed by atoms with van der Waals surface area (Å²) in [6.45, 7) is 7.98. The third-order valence-electron chi connectivity index (χ3n) is 2.81. The molecule has 5 heteroatoms.